The molecule has 8 heteroatoms. The topological polar surface area (TPSA) is 110 Å². The molecule has 2 aromatic heterocycles. The Bertz CT molecular complexity index is 875. The highest BCUT2D eigenvalue weighted by Crippen LogP contribution is 2.28. The van der Waals surface area contributed by atoms with Gasteiger partial charge in [-0.2, -0.15) is 5.10 Å². The smallest absolute Gasteiger partial charge is 0.267 e. The number of thiazole rings is 1. The van der Waals surface area contributed by atoms with Crippen molar-refractivity contribution in [3.63, 3.8) is 0 Å². The third kappa shape index (κ3) is 3.75. The summed E-state index contributed by atoms with van der Waals surface area (Å²) < 4.78 is 0. The lowest BCUT2D eigenvalue weighted by molar-refractivity contribution is 0.102. The number of carbonyl (C=O) groups is 1. The summed E-state index contributed by atoms with van der Waals surface area (Å²) in [6.07, 6.45) is 0. The number of hydrogen-bond acceptors (Lipinski definition) is 6. The first kappa shape index (κ1) is 17.2. The van der Waals surface area contributed by atoms with Gasteiger partial charge in [-0.1, -0.05) is 20.8 Å². The van der Waals surface area contributed by atoms with Crippen molar-refractivity contribution in [1.82, 2.24) is 20.2 Å². The normalized spacial score (nSPS) is 11.5. The van der Waals surface area contributed by atoms with E-state index in [0.29, 0.717) is 28.8 Å². The number of hydrogen-bond donors (Lipinski definition) is 3. The molecule has 4 N–H and O–H groups in total. The third-order valence-electron chi connectivity index (χ3n) is 3.61. The first-order valence-electron chi connectivity index (χ1n) is 7.85. The van der Waals surface area contributed by atoms with Gasteiger partial charge in [0.2, 0.25) is 0 Å². The van der Waals surface area contributed by atoms with Crippen molar-refractivity contribution in [2.45, 2.75) is 32.7 Å². The first-order chi connectivity index (χ1) is 11.9. The van der Waals surface area contributed by atoms with Crippen LogP contribution in [0, 0.1) is 0 Å². The Hall–Kier alpha value is -2.58. The minimum absolute atomic E-state index is 0.150. The lowest BCUT2D eigenvalue weighted by Gasteiger charge is -2.17. The fourth-order valence-electron chi connectivity index (χ4n) is 2.35. The fourth-order valence-corrected chi connectivity index (χ4v) is 3.24. The highest BCUT2D eigenvalue weighted by atomic mass is 32.1. The molecule has 7 nitrogen and oxygen atoms in total. The number of carbonyl (C=O) groups excluding carboxylic acids is 1. The van der Waals surface area contributed by atoms with E-state index >= 15 is 0 Å². The van der Waals surface area contributed by atoms with Gasteiger partial charge in [0.1, 0.15) is 10.7 Å². The van der Waals surface area contributed by atoms with Crippen LogP contribution in [-0.2, 0) is 12.0 Å². The number of aromatic amines is 1. The molecule has 0 aliphatic heterocycles. The minimum Gasteiger partial charge on any atom is -0.324 e. The molecule has 0 saturated carbocycles. The maximum atomic E-state index is 12.6. The summed E-state index contributed by atoms with van der Waals surface area (Å²) in [5.41, 5.74) is 9.41. The van der Waals surface area contributed by atoms with Crippen molar-refractivity contribution in [2.24, 2.45) is 5.73 Å². The Kier molecular flexibility index (Phi) is 4.65. The molecule has 0 aliphatic rings. The zero-order valence-electron chi connectivity index (χ0n) is 14.3. The summed E-state index contributed by atoms with van der Waals surface area (Å²) in [6, 6.07) is 7.36. The van der Waals surface area contributed by atoms with Crippen molar-refractivity contribution < 1.29 is 4.79 Å². The number of nitrogens with zero attached hydrogens (tertiary/aromatic N) is 3. The largest absolute Gasteiger partial charge is 0.324 e. The standard InChI is InChI=1S/C17H20N6OS/c1-17(2,3)14-13(25-9-19-14)16(24)20-11-6-4-10(5-7-11)15-21-12(8-18)22-23-15/h4-7,9H,8,18H2,1-3H3,(H,20,24)(H,21,22,23). The van der Waals surface area contributed by atoms with E-state index < -0.39 is 0 Å². The fraction of sp³-hybridized carbons (Fsp3) is 0.294. The molecule has 0 atom stereocenters. The van der Waals surface area contributed by atoms with Gasteiger partial charge in [0.25, 0.3) is 5.91 Å². The maximum absolute atomic E-state index is 12.6. The van der Waals surface area contributed by atoms with Gasteiger partial charge in [-0.15, -0.1) is 11.3 Å². The van der Waals surface area contributed by atoms with E-state index in [4.69, 9.17) is 5.73 Å². The number of rotatable bonds is 4. The van der Waals surface area contributed by atoms with Gasteiger partial charge in [0.15, 0.2) is 5.82 Å². The van der Waals surface area contributed by atoms with Crippen LogP contribution in [0.4, 0.5) is 5.69 Å². The second-order valence-electron chi connectivity index (χ2n) is 6.62. The zero-order chi connectivity index (χ0) is 18.0. The van der Waals surface area contributed by atoms with Crippen LogP contribution >= 0.6 is 11.3 Å². The summed E-state index contributed by atoms with van der Waals surface area (Å²) >= 11 is 1.35. The Labute approximate surface area is 149 Å². The van der Waals surface area contributed by atoms with Crippen LogP contribution in [0.15, 0.2) is 29.8 Å². The average Bonchev–Trinajstić information content (AvgIpc) is 3.24. The predicted octanol–water partition coefficient (Wildman–Crippen LogP) is 2.94. The van der Waals surface area contributed by atoms with Crippen LogP contribution in [0.25, 0.3) is 11.4 Å². The Morgan fingerprint density at radius 1 is 1.28 bits per heavy atom. The average molecular weight is 356 g/mol. The van der Waals surface area contributed by atoms with E-state index in [9.17, 15) is 4.79 Å². The van der Waals surface area contributed by atoms with E-state index in [1.165, 1.54) is 11.3 Å². The molecule has 0 radical (unpaired) electrons. The second-order valence-corrected chi connectivity index (χ2v) is 7.48. The van der Waals surface area contributed by atoms with Crippen LogP contribution < -0.4 is 11.1 Å². The highest BCUT2D eigenvalue weighted by Gasteiger charge is 2.25. The van der Waals surface area contributed by atoms with Crippen molar-refractivity contribution in [2.75, 3.05) is 5.32 Å². The van der Waals surface area contributed by atoms with Crippen LogP contribution in [0.2, 0.25) is 0 Å². The lowest BCUT2D eigenvalue weighted by atomic mass is 9.91. The SMILES string of the molecule is CC(C)(C)c1ncsc1C(=O)Nc1ccc(-c2n[nH]c(CN)n2)cc1. The maximum Gasteiger partial charge on any atom is 0.267 e. The molecular weight excluding hydrogens is 336 g/mol. The summed E-state index contributed by atoms with van der Waals surface area (Å²) in [6.45, 7) is 6.44. The zero-order valence-corrected chi connectivity index (χ0v) is 15.1. The van der Waals surface area contributed by atoms with Gasteiger partial charge in [-0.3, -0.25) is 9.89 Å². The minimum atomic E-state index is -0.178. The molecule has 0 aliphatic carbocycles. The molecular formula is C17H20N6OS. The Morgan fingerprint density at radius 2 is 2.00 bits per heavy atom. The van der Waals surface area contributed by atoms with E-state index in [1.54, 1.807) is 5.51 Å². The monoisotopic (exact) mass is 356 g/mol. The molecule has 0 bridgehead atoms. The van der Waals surface area contributed by atoms with Crippen molar-refractivity contribution in [3.8, 4) is 11.4 Å². The van der Waals surface area contributed by atoms with Crippen molar-refractivity contribution >= 4 is 22.9 Å². The molecule has 1 amide bonds. The Morgan fingerprint density at radius 3 is 2.60 bits per heavy atom. The third-order valence-corrected chi connectivity index (χ3v) is 4.44. The van der Waals surface area contributed by atoms with Gasteiger partial charge >= 0.3 is 0 Å². The molecule has 1 aromatic carbocycles. The molecule has 3 rings (SSSR count). The van der Waals surface area contributed by atoms with Gasteiger partial charge in [-0.25, -0.2) is 9.97 Å². The molecule has 0 spiro atoms. The van der Waals surface area contributed by atoms with E-state index in [-0.39, 0.29) is 11.3 Å². The Balaban J connectivity index is 1.75. The molecule has 0 unspecified atom stereocenters. The first-order valence-corrected chi connectivity index (χ1v) is 8.73. The van der Waals surface area contributed by atoms with E-state index in [0.717, 1.165) is 11.3 Å². The van der Waals surface area contributed by atoms with Gasteiger partial charge in [0, 0.05) is 16.7 Å². The number of anilines is 1. The molecule has 0 fully saturated rings. The number of nitrogens with one attached hydrogen (secondary N) is 2. The number of H-pyrrole nitrogens is 1. The second kappa shape index (κ2) is 6.73. The van der Waals surface area contributed by atoms with Crippen LogP contribution in [0.1, 0.15) is 42.0 Å². The molecule has 0 saturated heterocycles. The molecule has 2 heterocycles. The van der Waals surface area contributed by atoms with Crippen LogP contribution in [0.5, 0.6) is 0 Å². The quantitative estimate of drug-likeness (QED) is 0.666. The molecule has 25 heavy (non-hydrogen) atoms. The number of benzene rings is 1. The van der Waals surface area contributed by atoms with E-state index in [1.807, 2.05) is 45.0 Å². The summed E-state index contributed by atoms with van der Waals surface area (Å²) in [7, 11) is 0. The summed E-state index contributed by atoms with van der Waals surface area (Å²) in [5, 5.41) is 9.81. The van der Waals surface area contributed by atoms with Gasteiger partial charge in [-0.05, 0) is 24.3 Å². The summed E-state index contributed by atoms with van der Waals surface area (Å²) in [4.78, 5) is 21.8. The van der Waals surface area contributed by atoms with Crippen molar-refractivity contribution in [3.05, 3.63) is 46.2 Å². The highest BCUT2D eigenvalue weighted by molar-refractivity contribution is 7.12. The number of aromatic nitrogens is 4. The number of nitrogens with two attached hydrogens (primary N) is 1. The van der Waals surface area contributed by atoms with E-state index in [2.05, 4.69) is 25.5 Å². The summed E-state index contributed by atoms with van der Waals surface area (Å²) in [5.74, 6) is 1.06. The molecule has 130 valence electrons. The van der Waals surface area contributed by atoms with Crippen LogP contribution in [0.3, 0.4) is 0 Å². The van der Waals surface area contributed by atoms with Gasteiger partial charge < -0.3 is 11.1 Å². The molecule has 3 aromatic rings. The lowest BCUT2D eigenvalue weighted by Crippen LogP contribution is -2.19. The van der Waals surface area contributed by atoms with Gasteiger partial charge in [0.05, 0.1) is 17.7 Å². The van der Waals surface area contributed by atoms with Crippen molar-refractivity contribution in [1.29, 1.82) is 0 Å². The number of amides is 1. The van der Waals surface area contributed by atoms with Crippen LogP contribution in [-0.4, -0.2) is 26.1 Å². The predicted molar refractivity (Wildman–Crippen MR) is 98.5 cm³/mol.